The summed E-state index contributed by atoms with van der Waals surface area (Å²) in [4.78, 5) is 0. The number of nitrogens with two attached hydrogens (primary N) is 1. The molecule has 1 atom stereocenters. The van der Waals surface area contributed by atoms with Crippen LogP contribution in [-0.2, 0) is 6.42 Å². The first-order valence-electron chi connectivity index (χ1n) is 5.66. The Bertz CT molecular complexity index is 540. The van der Waals surface area contributed by atoms with E-state index >= 15 is 0 Å². The van der Waals surface area contributed by atoms with Gasteiger partial charge >= 0.3 is 0 Å². The van der Waals surface area contributed by atoms with Crippen molar-refractivity contribution in [1.29, 1.82) is 0 Å². The van der Waals surface area contributed by atoms with E-state index in [1.807, 2.05) is 31.2 Å². The smallest absolute Gasteiger partial charge is 0.126 e. The van der Waals surface area contributed by atoms with Crippen molar-refractivity contribution < 1.29 is 4.42 Å². The van der Waals surface area contributed by atoms with Gasteiger partial charge in [0.05, 0.1) is 10.0 Å². The average Bonchev–Trinajstić information content (AvgIpc) is 2.84. The second-order valence-corrected chi connectivity index (χ2v) is 4.69. The Morgan fingerprint density at radius 2 is 2.06 bits per heavy atom. The molecule has 1 unspecified atom stereocenters. The third-order valence-electron chi connectivity index (χ3n) is 2.77. The molecule has 2 aromatic rings. The Morgan fingerprint density at radius 1 is 1.28 bits per heavy atom. The maximum atomic E-state index is 6.19. The molecule has 0 spiro atoms. The van der Waals surface area contributed by atoms with Crippen molar-refractivity contribution in [3.05, 3.63) is 57.5 Å². The summed E-state index contributed by atoms with van der Waals surface area (Å²) in [6, 6.07) is 8.94. The van der Waals surface area contributed by atoms with Gasteiger partial charge in [0.2, 0.25) is 0 Å². The number of hydrazine groups is 1. The van der Waals surface area contributed by atoms with E-state index in [0.717, 1.165) is 23.5 Å². The predicted molar refractivity (Wildman–Crippen MR) is 73.7 cm³/mol. The highest BCUT2D eigenvalue weighted by Gasteiger charge is 2.20. The Morgan fingerprint density at radius 3 is 2.67 bits per heavy atom. The summed E-state index contributed by atoms with van der Waals surface area (Å²) < 4.78 is 5.69. The van der Waals surface area contributed by atoms with Gasteiger partial charge in [-0.15, -0.1) is 0 Å². The molecule has 3 N–H and O–H groups in total. The minimum Gasteiger partial charge on any atom is -0.464 e. The third kappa shape index (κ3) is 2.54. The Hall–Kier alpha value is -1.000. The molecule has 2 rings (SSSR count). The van der Waals surface area contributed by atoms with Crippen molar-refractivity contribution in [1.82, 2.24) is 5.43 Å². The van der Waals surface area contributed by atoms with Gasteiger partial charge in [0.1, 0.15) is 17.6 Å². The van der Waals surface area contributed by atoms with Gasteiger partial charge in [-0.3, -0.25) is 5.84 Å². The molecule has 0 saturated carbocycles. The van der Waals surface area contributed by atoms with Crippen LogP contribution in [0.4, 0.5) is 0 Å². The van der Waals surface area contributed by atoms with Gasteiger partial charge in [0.25, 0.3) is 0 Å². The number of hydrogen-bond donors (Lipinski definition) is 2. The van der Waals surface area contributed by atoms with Crippen LogP contribution in [0.5, 0.6) is 0 Å². The van der Waals surface area contributed by atoms with Gasteiger partial charge in [-0.2, -0.15) is 0 Å². The van der Waals surface area contributed by atoms with E-state index in [9.17, 15) is 0 Å². The van der Waals surface area contributed by atoms with Crippen molar-refractivity contribution in [2.75, 3.05) is 0 Å². The van der Waals surface area contributed by atoms with Gasteiger partial charge in [-0.1, -0.05) is 42.3 Å². The summed E-state index contributed by atoms with van der Waals surface area (Å²) in [6.07, 6.45) is 0.834. The lowest BCUT2D eigenvalue weighted by Gasteiger charge is -2.16. The van der Waals surface area contributed by atoms with E-state index in [1.54, 1.807) is 6.07 Å². The summed E-state index contributed by atoms with van der Waals surface area (Å²) in [5.74, 6) is 7.22. The number of hydrogen-bond acceptors (Lipinski definition) is 3. The van der Waals surface area contributed by atoms with Crippen LogP contribution in [0.2, 0.25) is 10.0 Å². The number of furan rings is 1. The lowest BCUT2D eigenvalue weighted by molar-refractivity contribution is 0.425. The second-order valence-electron chi connectivity index (χ2n) is 3.90. The largest absolute Gasteiger partial charge is 0.464 e. The van der Waals surface area contributed by atoms with Crippen LogP contribution in [0, 0.1) is 0 Å². The van der Waals surface area contributed by atoms with Crippen molar-refractivity contribution in [2.24, 2.45) is 5.84 Å². The van der Waals surface area contributed by atoms with Crippen LogP contribution in [0.15, 0.2) is 34.7 Å². The molecular formula is C13H14Cl2N2O. The van der Waals surface area contributed by atoms with Crippen LogP contribution in [0.25, 0.3) is 0 Å². The summed E-state index contributed by atoms with van der Waals surface area (Å²) in [7, 11) is 0. The summed E-state index contributed by atoms with van der Waals surface area (Å²) in [5.41, 5.74) is 3.50. The summed E-state index contributed by atoms with van der Waals surface area (Å²) >= 11 is 12.2. The predicted octanol–water partition coefficient (Wildman–Crippen LogP) is 3.70. The molecule has 0 aliphatic carbocycles. The quantitative estimate of drug-likeness (QED) is 0.665. The molecule has 96 valence electrons. The molecule has 18 heavy (non-hydrogen) atoms. The number of aryl methyl sites for hydroxylation is 1. The Labute approximate surface area is 116 Å². The fourth-order valence-electron chi connectivity index (χ4n) is 1.81. The molecule has 0 radical (unpaired) electrons. The summed E-state index contributed by atoms with van der Waals surface area (Å²) in [6.45, 7) is 2.03. The van der Waals surface area contributed by atoms with Crippen molar-refractivity contribution in [3.8, 4) is 0 Å². The monoisotopic (exact) mass is 284 g/mol. The van der Waals surface area contributed by atoms with Crippen molar-refractivity contribution in [2.45, 2.75) is 19.4 Å². The highest BCUT2D eigenvalue weighted by Crippen LogP contribution is 2.33. The first-order chi connectivity index (χ1) is 8.67. The van der Waals surface area contributed by atoms with Gasteiger partial charge in [-0.25, -0.2) is 5.43 Å². The second kappa shape index (κ2) is 5.76. The molecule has 3 nitrogen and oxygen atoms in total. The lowest BCUT2D eigenvalue weighted by atomic mass is 10.1. The van der Waals surface area contributed by atoms with Gasteiger partial charge in [-0.05, 0) is 23.8 Å². The number of rotatable bonds is 4. The minimum absolute atomic E-state index is 0.309. The zero-order chi connectivity index (χ0) is 13.1. The normalized spacial score (nSPS) is 12.7. The fraction of sp³-hybridized carbons (Fsp3) is 0.231. The average molecular weight is 285 g/mol. The standard InChI is InChI=1S/C13H14Cl2N2O/c1-2-8-6-7-11(18-8)13(17-16)9-4-3-5-10(14)12(9)15/h3-7,13,17H,2,16H2,1H3. The van der Waals surface area contributed by atoms with Crippen LogP contribution in [-0.4, -0.2) is 0 Å². The Kier molecular flexibility index (Phi) is 4.30. The first kappa shape index (κ1) is 13.4. The molecule has 1 heterocycles. The van der Waals surface area contributed by atoms with Crippen LogP contribution >= 0.6 is 23.2 Å². The molecule has 1 aromatic heterocycles. The minimum atomic E-state index is -0.309. The highest BCUT2D eigenvalue weighted by atomic mass is 35.5. The maximum absolute atomic E-state index is 6.19. The van der Waals surface area contributed by atoms with E-state index in [1.165, 1.54) is 0 Å². The van der Waals surface area contributed by atoms with Gasteiger partial charge in [0, 0.05) is 6.42 Å². The number of halogens is 2. The molecular weight excluding hydrogens is 271 g/mol. The zero-order valence-electron chi connectivity index (χ0n) is 9.91. The molecule has 5 heteroatoms. The number of nitrogens with one attached hydrogen (secondary N) is 1. The number of benzene rings is 1. The summed E-state index contributed by atoms with van der Waals surface area (Å²) in [5, 5.41) is 0.980. The van der Waals surface area contributed by atoms with Crippen LogP contribution in [0.3, 0.4) is 0 Å². The maximum Gasteiger partial charge on any atom is 0.126 e. The molecule has 0 aliphatic heterocycles. The van der Waals surface area contributed by atoms with Gasteiger partial charge in [0.15, 0.2) is 0 Å². The molecule has 0 saturated heterocycles. The first-order valence-corrected chi connectivity index (χ1v) is 6.41. The van der Waals surface area contributed by atoms with Crippen molar-refractivity contribution in [3.63, 3.8) is 0 Å². The van der Waals surface area contributed by atoms with Crippen molar-refractivity contribution >= 4 is 23.2 Å². The van der Waals surface area contributed by atoms with E-state index in [2.05, 4.69) is 5.43 Å². The Balaban J connectivity index is 2.41. The molecule has 0 aliphatic rings. The molecule has 0 amide bonds. The highest BCUT2D eigenvalue weighted by molar-refractivity contribution is 6.42. The third-order valence-corrected chi connectivity index (χ3v) is 3.61. The molecule has 0 fully saturated rings. The topological polar surface area (TPSA) is 51.2 Å². The van der Waals surface area contributed by atoms with E-state index in [4.69, 9.17) is 33.5 Å². The van der Waals surface area contributed by atoms with Crippen LogP contribution in [0.1, 0.15) is 30.0 Å². The SMILES string of the molecule is CCc1ccc(C(NN)c2cccc(Cl)c2Cl)o1. The lowest BCUT2D eigenvalue weighted by Crippen LogP contribution is -2.28. The van der Waals surface area contributed by atoms with E-state index in [-0.39, 0.29) is 6.04 Å². The molecule has 0 bridgehead atoms. The van der Waals surface area contributed by atoms with E-state index < -0.39 is 0 Å². The fourth-order valence-corrected chi connectivity index (χ4v) is 2.23. The van der Waals surface area contributed by atoms with Crippen LogP contribution < -0.4 is 11.3 Å². The van der Waals surface area contributed by atoms with Gasteiger partial charge < -0.3 is 4.42 Å². The zero-order valence-corrected chi connectivity index (χ0v) is 11.4. The molecule has 1 aromatic carbocycles. The van der Waals surface area contributed by atoms with E-state index in [0.29, 0.717) is 10.0 Å².